The monoisotopic (exact) mass is 166 g/mol. The van der Waals surface area contributed by atoms with Crippen LogP contribution >= 0.6 is 0 Å². The molecule has 0 bridgehead atoms. The molecule has 0 amide bonds. The summed E-state index contributed by atoms with van der Waals surface area (Å²) in [6, 6.07) is 0. The van der Waals surface area contributed by atoms with Crippen LogP contribution < -0.4 is 0 Å². The second-order valence-corrected chi connectivity index (χ2v) is 4.73. The lowest BCUT2D eigenvalue weighted by Crippen LogP contribution is -2.02. The van der Waals surface area contributed by atoms with Crippen molar-refractivity contribution in [2.45, 2.75) is 47.0 Å². The van der Waals surface area contributed by atoms with Gasteiger partial charge in [-0.25, -0.2) is 0 Å². The minimum absolute atomic E-state index is 0.466. The maximum absolute atomic E-state index is 3.85. The highest BCUT2D eigenvalue weighted by molar-refractivity contribution is 4.98. The zero-order valence-corrected chi connectivity index (χ0v) is 8.98. The quantitative estimate of drug-likeness (QED) is 0.545. The van der Waals surface area contributed by atoms with Crippen molar-refractivity contribution in [1.29, 1.82) is 0 Å². The molecule has 0 spiro atoms. The van der Waals surface area contributed by atoms with Gasteiger partial charge in [0.15, 0.2) is 0 Å². The summed E-state index contributed by atoms with van der Waals surface area (Å²) in [6.07, 6.45) is 7.97. The second kappa shape index (κ2) is 5.18. The summed E-state index contributed by atoms with van der Waals surface area (Å²) in [5.41, 5.74) is 1.70. The Kier molecular flexibility index (Phi) is 4.96. The Labute approximate surface area is 77.4 Å². The van der Waals surface area contributed by atoms with E-state index >= 15 is 0 Å². The Bertz CT molecular complexity index is 155. The van der Waals surface area contributed by atoms with Crippen LogP contribution in [-0.2, 0) is 0 Å². The Hall–Kier alpha value is -0.520. The van der Waals surface area contributed by atoms with Crippen LogP contribution in [0.25, 0.3) is 0 Å². The van der Waals surface area contributed by atoms with Crippen LogP contribution in [0.5, 0.6) is 0 Å². The van der Waals surface area contributed by atoms with E-state index in [1.807, 2.05) is 0 Å². The molecule has 0 aliphatic carbocycles. The van der Waals surface area contributed by atoms with Crippen molar-refractivity contribution in [2.75, 3.05) is 0 Å². The first-order chi connectivity index (χ1) is 5.42. The predicted molar refractivity (Wildman–Crippen MR) is 57.3 cm³/mol. The molecular formula is C12H22. The SMILES string of the molecule is C=C(C)C/C=C/CCC(C)(C)C. The van der Waals surface area contributed by atoms with Crippen LogP contribution in [0.1, 0.15) is 47.0 Å². The molecule has 70 valence electrons. The summed E-state index contributed by atoms with van der Waals surface area (Å²) >= 11 is 0. The van der Waals surface area contributed by atoms with Gasteiger partial charge in [-0.1, -0.05) is 45.1 Å². The van der Waals surface area contributed by atoms with Gasteiger partial charge in [-0.3, -0.25) is 0 Å². The van der Waals surface area contributed by atoms with Crippen LogP contribution in [0.15, 0.2) is 24.3 Å². The highest BCUT2D eigenvalue weighted by atomic mass is 14.1. The maximum Gasteiger partial charge on any atom is -0.0144 e. The van der Waals surface area contributed by atoms with Crippen molar-refractivity contribution in [1.82, 2.24) is 0 Å². The van der Waals surface area contributed by atoms with Gasteiger partial charge in [0, 0.05) is 0 Å². The summed E-state index contributed by atoms with van der Waals surface area (Å²) in [5.74, 6) is 0. The summed E-state index contributed by atoms with van der Waals surface area (Å²) in [5, 5.41) is 0. The van der Waals surface area contributed by atoms with Crippen LogP contribution in [0, 0.1) is 5.41 Å². The van der Waals surface area contributed by atoms with Crippen molar-refractivity contribution < 1.29 is 0 Å². The predicted octanol–water partition coefficient (Wildman–Crippen LogP) is 4.34. The molecule has 0 fully saturated rings. The van der Waals surface area contributed by atoms with Crippen LogP contribution in [0.4, 0.5) is 0 Å². The smallest absolute Gasteiger partial charge is 0.0144 e. The Morgan fingerprint density at radius 1 is 1.25 bits per heavy atom. The molecule has 0 heterocycles. The van der Waals surface area contributed by atoms with E-state index in [2.05, 4.69) is 46.4 Å². The standard InChI is InChI=1S/C12H22/c1-11(2)9-7-6-8-10-12(3,4)5/h6-7H,1,8-10H2,2-5H3/b7-6+. The topological polar surface area (TPSA) is 0 Å². The van der Waals surface area contributed by atoms with Crippen molar-refractivity contribution in [3.8, 4) is 0 Å². The third-order valence-electron chi connectivity index (χ3n) is 1.69. The van der Waals surface area contributed by atoms with Crippen molar-refractivity contribution in [2.24, 2.45) is 5.41 Å². The molecule has 12 heavy (non-hydrogen) atoms. The van der Waals surface area contributed by atoms with Crippen molar-refractivity contribution >= 4 is 0 Å². The van der Waals surface area contributed by atoms with Crippen LogP contribution in [0.3, 0.4) is 0 Å². The zero-order chi connectivity index (χ0) is 9.61. The molecule has 0 aromatic carbocycles. The first-order valence-electron chi connectivity index (χ1n) is 4.71. The number of allylic oxidation sites excluding steroid dienone is 3. The lowest BCUT2D eigenvalue weighted by atomic mass is 9.90. The van der Waals surface area contributed by atoms with Gasteiger partial charge >= 0.3 is 0 Å². The minimum atomic E-state index is 0.466. The fourth-order valence-corrected chi connectivity index (χ4v) is 0.919. The lowest BCUT2D eigenvalue weighted by molar-refractivity contribution is 0.381. The number of rotatable bonds is 4. The first kappa shape index (κ1) is 11.5. The average molecular weight is 166 g/mol. The second-order valence-electron chi connectivity index (χ2n) is 4.73. The molecule has 0 unspecified atom stereocenters. The van der Waals surface area contributed by atoms with Crippen molar-refractivity contribution in [3.63, 3.8) is 0 Å². The normalized spacial score (nSPS) is 12.3. The van der Waals surface area contributed by atoms with Gasteiger partial charge < -0.3 is 0 Å². The van der Waals surface area contributed by atoms with E-state index in [0.29, 0.717) is 5.41 Å². The third kappa shape index (κ3) is 9.48. The van der Waals surface area contributed by atoms with E-state index in [0.717, 1.165) is 6.42 Å². The average Bonchev–Trinajstić information content (AvgIpc) is 1.83. The Morgan fingerprint density at radius 3 is 2.25 bits per heavy atom. The van der Waals surface area contributed by atoms with Crippen LogP contribution in [-0.4, -0.2) is 0 Å². The first-order valence-corrected chi connectivity index (χ1v) is 4.71. The van der Waals surface area contributed by atoms with E-state index in [1.165, 1.54) is 18.4 Å². The van der Waals surface area contributed by atoms with Gasteiger partial charge in [-0.2, -0.15) is 0 Å². The molecular weight excluding hydrogens is 144 g/mol. The summed E-state index contributed by atoms with van der Waals surface area (Å²) < 4.78 is 0. The van der Waals surface area contributed by atoms with E-state index in [1.54, 1.807) is 0 Å². The highest BCUT2D eigenvalue weighted by Gasteiger charge is 2.07. The molecule has 0 radical (unpaired) electrons. The molecule has 0 atom stereocenters. The van der Waals surface area contributed by atoms with E-state index in [9.17, 15) is 0 Å². The fourth-order valence-electron chi connectivity index (χ4n) is 0.919. The maximum atomic E-state index is 3.85. The van der Waals surface area contributed by atoms with Crippen molar-refractivity contribution in [3.05, 3.63) is 24.3 Å². The zero-order valence-electron chi connectivity index (χ0n) is 8.98. The molecule has 0 saturated carbocycles. The van der Waals surface area contributed by atoms with Gasteiger partial charge in [0.2, 0.25) is 0 Å². The van der Waals surface area contributed by atoms with Gasteiger partial charge in [0.25, 0.3) is 0 Å². The van der Waals surface area contributed by atoms with Gasteiger partial charge in [0.1, 0.15) is 0 Å². The molecule has 0 aliphatic heterocycles. The number of hydrogen-bond acceptors (Lipinski definition) is 0. The molecule has 0 saturated heterocycles. The minimum Gasteiger partial charge on any atom is -0.0998 e. The molecule has 0 aliphatic rings. The van der Waals surface area contributed by atoms with Gasteiger partial charge in [-0.15, -0.1) is 0 Å². The van der Waals surface area contributed by atoms with E-state index in [-0.39, 0.29) is 0 Å². The largest absolute Gasteiger partial charge is 0.0998 e. The summed E-state index contributed by atoms with van der Waals surface area (Å²) in [7, 11) is 0. The van der Waals surface area contributed by atoms with E-state index in [4.69, 9.17) is 0 Å². The highest BCUT2D eigenvalue weighted by Crippen LogP contribution is 2.20. The van der Waals surface area contributed by atoms with Gasteiger partial charge in [0.05, 0.1) is 0 Å². The lowest BCUT2D eigenvalue weighted by Gasteiger charge is -2.15. The molecule has 0 aromatic heterocycles. The Balaban J connectivity index is 3.43. The summed E-state index contributed by atoms with van der Waals surface area (Å²) in [6.45, 7) is 12.7. The molecule has 0 nitrogen and oxygen atoms in total. The van der Waals surface area contributed by atoms with Gasteiger partial charge in [-0.05, 0) is 31.6 Å². The Morgan fingerprint density at radius 2 is 1.83 bits per heavy atom. The molecule has 0 rings (SSSR count). The number of hydrogen-bond donors (Lipinski definition) is 0. The molecule has 0 N–H and O–H groups in total. The molecule has 0 aromatic rings. The summed E-state index contributed by atoms with van der Waals surface area (Å²) in [4.78, 5) is 0. The van der Waals surface area contributed by atoms with E-state index < -0.39 is 0 Å². The third-order valence-corrected chi connectivity index (χ3v) is 1.69. The van der Waals surface area contributed by atoms with Crippen LogP contribution in [0.2, 0.25) is 0 Å². The molecule has 0 heteroatoms. The fraction of sp³-hybridized carbons (Fsp3) is 0.667.